The number of carbonyl (C=O) groups is 1. The minimum atomic E-state index is -0.739. The van der Waals surface area contributed by atoms with Gasteiger partial charge in [0.1, 0.15) is 6.07 Å². The maximum atomic E-state index is 11.4. The van der Waals surface area contributed by atoms with E-state index in [1.807, 2.05) is 23.6 Å². The molecular formula is C12H11N3O3S. The van der Waals surface area contributed by atoms with E-state index in [1.54, 1.807) is 0 Å². The summed E-state index contributed by atoms with van der Waals surface area (Å²) >= 11 is 1.51. The molecule has 6 nitrogen and oxygen atoms in total. The van der Waals surface area contributed by atoms with Crippen LogP contribution in [0.15, 0.2) is 22.0 Å². The van der Waals surface area contributed by atoms with Gasteiger partial charge in [-0.15, -0.1) is 11.3 Å². The van der Waals surface area contributed by atoms with E-state index in [-0.39, 0.29) is 6.42 Å². The van der Waals surface area contributed by atoms with Crippen molar-refractivity contribution in [3.8, 4) is 16.8 Å². The largest absolute Gasteiger partial charge is 0.447 e. The third-order valence-electron chi connectivity index (χ3n) is 2.24. The second-order valence-corrected chi connectivity index (χ2v) is 4.70. The van der Waals surface area contributed by atoms with E-state index in [2.05, 4.69) is 10.1 Å². The minimum Gasteiger partial charge on any atom is -0.447 e. The van der Waals surface area contributed by atoms with Crippen molar-refractivity contribution in [2.45, 2.75) is 25.9 Å². The first-order valence-electron chi connectivity index (χ1n) is 5.64. The van der Waals surface area contributed by atoms with Crippen LogP contribution in [0.25, 0.3) is 10.7 Å². The second-order valence-electron chi connectivity index (χ2n) is 3.75. The summed E-state index contributed by atoms with van der Waals surface area (Å²) in [5.74, 6) is 0.443. The van der Waals surface area contributed by atoms with Gasteiger partial charge in [-0.2, -0.15) is 10.2 Å². The summed E-state index contributed by atoms with van der Waals surface area (Å²) in [7, 11) is 0. The van der Waals surface area contributed by atoms with Gasteiger partial charge in [-0.05, 0) is 18.4 Å². The summed E-state index contributed by atoms with van der Waals surface area (Å²) in [5.41, 5.74) is 0. The Balaban J connectivity index is 1.88. The summed E-state index contributed by atoms with van der Waals surface area (Å²) in [6.45, 7) is 1.51. The molecule has 19 heavy (non-hydrogen) atoms. The molecule has 0 aliphatic carbocycles. The molecule has 0 fully saturated rings. The van der Waals surface area contributed by atoms with Gasteiger partial charge >= 0.3 is 5.97 Å². The van der Waals surface area contributed by atoms with E-state index >= 15 is 0 Å². The highest BCUT2D eigenvalue weighted by molar-refractivity contribution is 7.13. The Bertz CT molecular complexity index is 586. The molecule has 0 unspecified atom stereocenters. The van der Waals surface area contributed by atoms with E-state index in [1.165, 1.54) is 18.3 Å². The highest BCUT2D eigenvalue weighted by Gasteiger charge is 2.13. The first-order valence-corrected chi connectivity index (χ1v) is 6.52. The smallest absolute Gasteiger partial charge is 0.307 e. The van der Waals surface area contributed by atoms with Crippen LogP contribution < -0.4 is 0 Å². The van der Waals surface area contributed by atoms with Crippen LogP contribution in [0.5, 0.6) is 0 Å². The van der Waals surface area contributed by atoms with Crippen molar-refractivity contribution in [3.05, 3.63) is 23.4 Å². The quantitative estimate of drug-likeness (QED) is 0.778. The fourth-order valence-electron chi connectivity index (χ4n) is 1.35. The summed E-state index contributed by atoms with van der Waals surface area (Å²) in [4.78, 5) is 16.5. The van der Waals surface area contributed by atoms with Crippen LogP contribution in [0.3, 0.4) is 0 Å². The molecule has 0 spiro atoms. The lowest BCUT2D eigenvalue weighted by Gasteiger charge is -2.03. The van der Waals surface area contributed by atoms with Gasteiger partial charge in [0, 0.05) is 6.42 Å². The third-order valence-corrected chi connectivity index (χ3v) is 3.11. The number of rotatable bonds is 5. The van der Waals surface area contributed by atoms with Crippen molar-refractivity contribution in [2.75, 3.05) is 0 Å². The molecule has 1 atom stereocenters. The number of aromatic nitrogens is 2. The van der Waals surface area contributed by atoms with E-state index in [9.17, 15) is 4.79 Å². The van der Waals surface area contributed by atoms with Crippen molar-refractivity contribution < 1.29 is 14.1 Å². The Kier molecular flexibility index (Phi) is 4.26. The number of nitrogens with zero attached hydrogens (tertiary/aromatic N) is 3. The van der Waals surface area contributed by atoms with Crippen molar-refractivity contribution >= 4 is 17.3 Å². The van der Waals surface area contributed by atoms with Crippen molar-refractivity contribution in [1.29, 1.82) is 5.26 Å². The number of nitriles is 1. The summed E-state index contributed by atoms with van der Waals surface area (Å²) in [5, 5.41) is 14.3. The van der Waals surface area contributed by atoms with Crippen LogP contribution in [-0.4, -0.2) is 22.2 Å². The topological polar surface area (TPSA) is 89.0 Å². The lowest BCUT2D eigenvalue weighted by atomic mass is 10.3. The maximum Gasteiger partial charge on any atom is 0.307 e. The lowest BCUT2D eigenvalue weighted by molar-refractivity contribution is -0.145. The number of thiophene rings is 1. The maximum absolute atomic E-state index is 11.4. The number of carbonyl (C=O) groups excluding carboxylic acids is 1. The van der Waals surface area contributed by atoms with Gasteiger partial charge in [-0.3, -0.25) is 4.79 Å². The first kappa shape index (κ1) is 13.2. The van der Waals surface area contributed by atoms with Gasteiger partial charge in [0.25, 0.3) is 0 Å². The predicted octanol–water partition coefficient (Wildman–Crippen LogP) is 2.19. The molecule has 0 radical (unpaired) electrons. The number of aryl methyl sites for hydroxylation is 1. The molecule has 0 bridgehead atoms. The van der Waals surface area contributed by atoms with Crippen molar-refractivity contribution in [1.82, 2.24) is 10.1 Å². The van der Waals surface area contributed by atoms with E-state index in [0.717, 1.165) is 4.88 Å². The van der Waals surface area contributed by atoms with Crippen LogP contribution in [-0.2, 0) is 16.0 Å². The molecule has 2 rings (SSSR count). The van der Waals surface area contributed by atoms with E-state index in [0.29, 0.717) is 18.1 Å². The Morgan fingerprint density at radius 3 is 3.21 bits per heavy atom. The molecule has 0 aliphatic heterocycles. The normalized spacial score (nSPS) is 11.8. The zero-order chi connectivity index (χ0) is 13.7. The van der Waals surface area contributed by atoms with Crippen molar-refractivity contribution in [3.63, 3.8) is 0 Å². The number of esters is 1. The first-order chi connectivity index (χ1) is 9.19. The minimum absolute atomic E-state index is 0.109. The van der Waals surface area contributed by atoms with Gasteiger partial charge in [0.2, 0.25) is 11.7 Å². The monoisotopic (exact) mass is 277 g/mol. The molecule has 98 valence electrons. The Labute approximate surface area is 113 Å². The Morgan fingerprint density at radius 2 is 2.53 bits per heavy atom. The number of hydrogen-bond acceptors (Lipinski definition) is 7. The highest BCUT2D eigenvalue weighted by Crippen LogP contribution is 2.21. The zero-order valence-electron chi connectivity index (χ0n) is 10.2. The SMILES string of the molecule is C[C@@H](C#N)OC(=O)CCc1nc(-c2cccs2)no1. The number of hydrogen-bond donors (Lipinski definition) is 0. The van der Waals surface area contributed by atoms with Crippen LogP contribution >= 0.6 is 11.3 Å². The molecule has 2 aromatic heterocycles. The Morgan fingerprint density at radius 1 is 1.68 bits per heavy atom. The van der Waals surface area contributed by atoms with E-state index in [4.69, 9.17) is 14.5 Å². The molecule has 0 aromatic carbocycles. The Hall–Kier alpha value is -2.20. The fraction of sp³-hybridized carbons (Fsp3) is 0.333. The molecule has 0 N–H and O–H groups in total. The average Bonchev–Trinajstić information content (AvgIpc) is 3.06. The molecule has 0 amide bonds. The van der Waals surface area contributed by atoms with Gasteiger partial charge in [-0.25, -0.2) is 0 Å². The molecular weight excluding hydrogens is 266 g/mol. The van der Waals surface area contributed by atoms with Gasteiger partial charge in [0.05, 0.1) is 11.3 Å². The standard InChI is InChI=1S/C12H11N3O3S/c1-8(7-13)17-11(16)5-4-10-14-12(15-18-10)9-3-2-6-19-9/h2-3,6,8H,4-5H2,1H3/t8-/m0/s1. The van der Waals surface area contributed by atoms with Crippen LogP contribution in [0.1, 0.15) is 19.2 Å². The molecule has 0 saturated heterocycles. The van der Waals surface area contributed by atoms with Crippen LogP contribution in [0, 0.1) is 11.3 Å². The third kappa shape index (κ3) is 3.63. The molecule has 0 aliphatic rings. The van der Waals surface area contributed by atoms with Crippen LogP contribution in [0.4, 0.5) is 0 Å². The number of ether oxygens (including phenoxy) is 1. The zero-order valence-corrected chi connectivity index (χ0v) is 11.0. The lowest BCUT2D eigenvalue weighted by Crippen LogP contribution is -2.13. The highest BCUT2D eigenvalue weighted by atomic mass is 32.1. The van der Waals surface area contributed by atoms with Crippen LogP contribution in [0.2, 0.25) is 0 Å². The van der Waals surface area contributed by atoms with E-state index < -0.39 is 12.1 Å². The average molecular weight is 277 g/mol. The summed E-state index contributed by atoms with van der Waals surface area (Å²) < 4.78 is 9.86. The van der Waals surface area contributed by atoms with Gasteiger partial charge < -0.3 is 9.26 Å². The molecule has 0 saturated carbocycles. The molecule has 2 heterocycles. The summed E-state index contributed by atoms with van der Waals surface area (Å²) in [6, 6.07) is 5.61. The summed E-state index contributed by atoms with van der Waals surface area (Å²) in [6.07, 6.45) is -0.329. The molecule has 7 heteroatoms. The van der Waals surface area contributed by atoms with Crippen molar-refractivity contribution in [2.24, 2.45) is 0 Å². The van der Waals surface area contributed by atoms with Gasteiger partial charge in [-0.1, -0.05) is 11.2 Å². The second kappa shape index (κ2) is 6.11. The molecule has 2 aromatic rings. The predicted molar refractivity (Wildman–Crippen MR) is 67.1 cm³/mol. The van der Waals surface area contributed by atoms with Gasteiger partial charge in [0.15, 0.2) is 6.10 Å². The fourth-order valence-corrected chi connectivity index (χ4v) is 2.00.